The van der Waals surface area contributed by atoms with E-state index in [1.165, 1.54) is 12.1 Å². The molecule has 0 aliphatic rings. The third-order valence-corrected chi connectivity index (χ3v) is 1.75. The fourth-order valence-electron chi connectivity index (χ4n) is 0.796. The third-order valence-electron chi connectivity index (χ3n) is 1.35. The Labute approximate surface area is 75.5 Å². The van der Waals surface area contributed by atoms with Crippen molar-refractivity contribution in [1.29, 1.82) is 0 Å². The summed E-state index contributed by atoms with van der Waals surface area (Å²) in [7, 11) is -4.93. The van der Waals surface area contributed by atoms with Crippen molar-refractivity contribution in [3.63, 3.8) is 0 Å². The van der Waals surface area contributed by atoms with Gasteiger partial charge in [-0.2, -0.15) is 8.42 Å². The second-order valence-electron chi connectivity index (χ2n) is 2.32. The highest BCUT2D eigenvalue weighted by Gasteiger charge is 2.08. The molecule has 0 saturated heterocycles. The highest BCUT2D eigenvalue weighted by Crippen LogP contribution is 2.14. The lowest BCUT2D eigenvalue weighted by atomic mass is 10.2. The minimum atomic E-state index is -4.93. The van der Waals surface area contributed by atoms with Gasteiger partial charge in [0.05, 0.1) is 0 Å². The van der Waals surface area contributed by atoms with Crippen molar-refractivity contribution in [3.05, 3.63) is 29.8 Å². The van der Waals surface area contributed by atoms with E-state index in [1.54, 1.807) is 12.1 Å². The van der Waals surface area contributed by atoms with Crippen molar-refractivity contribution in [3.8, 4) is 5.75 Å². The van der Waals surface area contributed by atoms with Gasteiger partial charge in [-0.1, -0.05) is 16.0 Å². The summed E-state index contributed by atoms with van der Waals surface area (Å²) in [5.74, 6) is -0.0697. The molecule has 0 bridgehead atoms. The highest BCUT2D eigenvalue weighted by atomic mass is 32.3. The van der Waals surface area contributed by atoms with Gasteiger partial charge in [-0.25, -0.2) is 0 Å². The van der Waals surface area contributed by atoms with E-state index < -0.39 is 10.5 Å². The molecule has 0 aromatic heterocycles. The van der Waals surface area contributed by atoms with Gasteiger partial charge in [0.1, 0.15) is 5.75 Å². The first-order chi connectivity index (χ1) is 6.01. The summed E-state index contributed by atoms with van der Waals surface area (Å²) in [6.45, 7) is 0.336. The van der Waals surface area contributed by atoms with Crippen molar-refractivity contribution in [2.45, 2.75) is 6.54 Å². The first-order valence-corrected chi connectivity index (χ1v) is 4.75. The zero-order valence-electron chi connectivity index (χ0n) is 6.60. The van der Waals surface area contributed by atoms with E-state index in [0.29, 0.717) is 6.54 Å². The van der Waals surface area contributed by atoms with Crippen LogP contribution in [0.25, 0.3) is 0 Å². The molecule has 0 spiro atoms. The van der Waals surface area contributed by atoms with Crippen LogP contribution in [-0.4, -0.2) is 8.42 Å². The van der Waals surface area contributed by atoms with Crippen LogP contribution in [0.3, 0.4) is 0 Å². The van der Waals surface area contributed by atoms with Crippen LogP contribution in [0, 0.1) is 0 Å². The van der Waals surface area contributed by atoms with E-state index >= 15 is 0 Å². The van der Waals surface area contributed by atoms with Crippen LogP contribution in [-0.2, 0) is 17.0 Å². The molecular formula is C7H8FNO3S. The van der Waals surface area contributed by atoms with Crippen molar-refractivity contribution in [2.24, 2.45) is 5.73 Å². The summed E-state index contributed by atoms with van der Waals surface area (Å²) in [6.07, 6.45) is 0. The van der Waals surface area contributed by atoms with Gasteiger partial charge in [-0.15, -0.1) is 0 Å². The Balaban J connectivity index is 2.81. The van der Waals surface area contributed by atoms with Crippen LogP contribution in [0.5, 0.6) is 5.75 Å². The monoisotopic (exact) mass is 205 g/mol. The Hall–Kier alpha value is -1.14. The number of nitrogens with two attached hydrogens (primary N) is 1. The van der Waals surface area contributed by atoms with Crippen molar-refractivity contribution in [2.75, 3.05) is 0 Å². The second kappa shape index (κ2) is 3.71. The largest absolute Gasteiger partial charge is 0.488 e. The van der Waals surface area contributed by atoms with Crippen molar-refractivity contribution >= 4 is 10.5 Å². The maximum absolute atomic E-state index is 12.0. The van der Waals surface area contributed by atoms with Gasteiger partial charge < -0.3 is 9.92 Å². The third kappa shape index (κ3) is 3.39. The Morgan fingerprint density at radius 3 is 2.23 bits per heavy atom. The fourth-order valence-corrected chi connectivity index (χ4v) is 1.14. The minimum Gasteiger partial charge on any atom is -0.358 e. The lowest BCUT2D eigenvalue weighted by Gasteiger charge is -2.00. The highest BCUT2D eigenvalue weighted by molar-refractivity contribution is 7.81. The lowest BCUT2D eigenvalue weighted by Crippen LogP contribution is -2.01. The number of hydrogen-bond donors (Lipinski definition) is 1. The van der Waals surface area contributed by atoms with E-state index in [0.717, 1.165) is 5.56 Å². The van der Waals surface area contributed by atoms with Gasteiger partial charge in [-0.3, -0.25) is 0 Å². The minimum absolute atomic E-state index is 0.0697. The summed E-state index contributed by atoms with van der Waals surface area (Å²) >= 11 is 0. The predicted molar refractivity (Wildman–Crippen MR) is 45.0 cm³/mol. The zero-order chi connectivity index (χ0) is 9.90. The Kier molecular flexibility index (Phi) is 2.84. The smallest absolute Gasteiger partial charge is 0.358 e. The molecule has 6 heteroatoms. The Morgan fingerprint density at radius 2 is 1.85 bits per heavy atom. The lowest BCUT2D eigenvalue weighted by molar-refractivity contribution is 0.440. The first-order valence-electron chi connectivity index (χ1n) is 3.44. The van der Waals surface area contributed by atoms with Crippen LogP contribution in [0.1, 0.15) is 5.56 Å². The molecule has 0 fully saturated rings. The van der Waals surface area contributed by atoms with E-state index in [1.807, 2.05) is 0 Å². The summed E-state index contributed by atoms with van der Waals surface area (Å²) in [5.41, 5.74) is 6.10. The molecule has 0 aliphatic heterocycles. The number of halogens is 1. The van der Waals surface area contributed by atoms with Crippen molar-refractivity contribution in [1.82, 2.24) is 0 Å². The van der Waals surface area contributed by atoms with E-state index in [4.69, 9.17) is 5.73 Å². The average molecular weight is 205 g/mol. The Bertz CT molecular complexity index is 373. The van der Waals surface area contributed by atoms with E-state index in [-0.39, 0.29) is 5.75 Å². The molecule has 0 saturated carbocycles. The van der Waals surface area contributed by atoms with Crippen LogP contribution >= 0.6 is 0 Å². The summed E-state index contributed by atoms with van der Waals surface area (Å²) in [4.78, 5) is 0. The molecule has 13 heavy (non-hydrogen) atoms. The molecule has 1 aromatic rings. The van der Waals surface area contributed by atoms with Gasteiger partial charge >= 0.3 is 10.5 Å². The van der Waals surface area contributed by atoms with Crippen LogP contribution in [0.2, 0.25) is 0 Å². The summed E-state index contributed by atoms with van der Waals surface area (Å²) in [6, 6.07) is 5.78. The second-order valence-corrected chi connectivity index (χ2v) is 3.28. The fraction of sp³-hybridized carbons (Fsp3) is 0.143. The molecule has 0 heterocycles. The van der Waals surface area contributed by atoms with E-state index in [9.17, 15) is 12.3 Å². The molecule has 1 rings (SSSR count). The molecule has 0 atom stereocenters. The standard InChI is InChI=1S/C7H8FNO3S/c8-13(10,11)12-7-3-1-6(5-9)2-4-7/h1-4H,5,9H2. The average Bonchev–Trinajstić information content (AvgIpc) is 2.03. The number of hydrogen-bond acceptors (Lipinski definition) is 4. The van der Waals surface area contributed by atoms with Gasteiger partial charge in [0.15, 0.2) is 0 Å². The topological polar surface area (TPSA) is 69.4 Å². The van der Waals surface area contributed by atoms with Crippen LogP contribution < -0.4 is 9.92 Å². The SMILES string of the molecule is NCc1ccc(OS(=O)(=O)F)cc1. The molecule has 72 valence electrons. The normalized spacial score (nSPS) is 11.2. The zero-order valence-corrected chi connectivity index (χ0v) is 7.42. The quantitative estimate of drug-likeness (QED) is 0.739. The van der Waals surface area contributed by atoms with Crippen LogP contribution in [0.15, 0.2) is 24.3 Å². The van der Waals surface area contributed by atoms with Gasteiger partial charge in [0.25, 0.3) is 0 Å². The van der Waals surface area contributed by atoms with E-state index in [2.05, 4.69) is 4.18 Å². The van der Waals surface area contributed by atoms with Gasteiger partial charge in [0, 0.05) is 6.54 Å². The van der Waals surface area contributed by atoms with Crippen molar-refractivity contribution < 1.29 is 16.5 Å². The predicted octanol–water partition coefficient (Wildman–Crippen LogP) is 0.738. The molecule has 0 aliphatic carbocycles. The summed E-state index contributed by atoms with van der Waals surface area (Å²) in [5, 5.41) is 0. The van der Waals surface area contributed by atoms with Crippen LogP contribution in [0.4, 0.5) is 3.89 Å². The molecule has 0 amide bonds. The molecule has 1 aromatic carbocycles. The maximum Gasteiger partial charge on any atom is 0.488 e. The number of rotatable bonds is 3. The summed E-state index contributed by atoms with van der Waals surface area (Å²) < 4.78 is 36.0. The molecule has 4 nitrogen and oxygen atoms in total. The Morgan fingerprint density at radius 1 is 1.31 bits per heavy atom. The molecular weight excluding hydrogens is 197 g/mol. The molecule has 0 unspecified atom stereocenters. The van der Waals surface area contributed by atoms with Gasteiger partial charge in [0.2, 0.25) is 0 Å². The molecule has 0 radical (unpaired) electrons. The maximum atomic E-state index is 12.0. The number of benzene rings is 1. The molecule has 2 N–H and O–H groups in total. The first kappa shape index (κ1) is 9.94. The van der Waals surface area contributed by atoms with Gasteiger partial charge in [-0.05, 0) is 17.7 Å².